The highest BCUT2D eigenvalue weighted by Crippen LogP contribution is 2.30. The van der Waals surface area contributed by atoms with Gasteiger partial charge >= 0.3 is 5.97 Å². The molecule has 0 saturated carbocycles. The zero-order valence-corrected chi connectivity index (χ0v) is 17.5. The van der Waals surface area contributed by atoms with Crippen LogP contribution < -0.4 is 4.74 Å². The average Bonchev–Trinajstić information content (AvgIpc) is 2.70. The molecule has 7 heteroatoms. The maximum atomic E-state index is 12.8. The van der Waals surface area contributed by atoms with Gasteiger partial charge in [0, 0.05) is 34.0 Å². The lowest BCUT2D eigenvalue weighted by molar-refractivity contribution is -0.134. The molecule has 1 aliphatic rings. The summed E-state index contributed by atoms with van der Waals surface area (Å²) in [5.74, 6) is -0.897. The van der Waals surface area contributed by atoms with Gasteiger partial charge in [0.05, 0.1) is 5.02 Å². The third kappa shape index (κ3) is 3.78. The van der Waals surface area contributed by atoms with Crippen LogP contribution >= 0.6 is 27.5 Å². The molecule has 0 saturated heterocycles. The Kier molecular flexibility index (Phi) is 5.39. The summed E-state index contributed by atoms with van der Waals surface area (Å²) in [6.45, 7) is 0.131. The van der Waals surface area contributed by atoms with E-state index >= 15 is 0 Å². The van der Waals surface area contributed by atoms with Crippen LogP contribution in [0.3, 0.4) is 0 Å². The second-order valence-electron chi connectivity index (χ2n) is 6.62. The summed E-state index contributed by atoms with van der Waals surface area (Å²) < 4.78 is 6.04. The number of ether oxygens (including phenoxy) is 1. The third-order valence-electron chi connectivity index (χ3n) is 4.74. The van der Waals surface area contributed by atoms with Crippen LogP contribution in [0, 0.1) is 0 Å². The SMILES string of the molecule is O=C(CCCN1C(=O)c2cccc3cccc(c23)C1=O)Oc1ccc(Br)cc1Cl. The van der Waals surface area contributed by atoms with Crippen LogP contribution in [0.5, 0.6) is 5.75 Å². The van der Waals surface area contributed by atoms with Crippen LogP contribution in [-0.2, 0) is 4.79 Å². The van der Waals surface area contributed by atoms with E-state index in [1.807, 2.05) is 12.1 Å². The number of nitrogens with zero attached hydrogens (tertiary/aromatic N) is 1. The minimum atomic E-state index is -0.478. The highest BCUT2D eigenvalue weighted by molar-refractivity contribution is 9.10. The first-order chi connectivity index (χ1) is 14.0. The van der Waals surface area contributed by atoms with Gasteiger partial charge in [-0.05, 0) is 42.1 Å². The van der Waals surface area contributed by atoms with E-state index in [9.17, 15) is 14.4 Å². The van der Waals surface area contributed by atoms with Crippen molar-refractivity contribution in [2.45, 2.75) is 12.8 Å². The zero-order chi connectivity index (χ0) is 20.5. The Labute approximate surface area is 180 Å². The maximum absolute atomic E-state index is 12.8. The van der Waals surface area contributed by atoms with Gasteiger partial charge in [-0.3, -0.25) is 19.3 Å². The molecule has 146 valence electrons. The lowest BCUT2D eigenvalue weighted by Crippen LogP contribution is -2.41. The topological polar surface area (TPSA) is 63.7 Å². The molecule has 1 heterocycles. The van der Waals surface area contributed by atoms with Crippen LogP contribution in [0.15, 0.2) is 59.1 Å². The monoisotopic (exact) mass is 471 g/mol. The van der Waals surface area contributed by atoms with Crippen molar-refractivity contribution in [2.24, 2.45) is 0 Å². The predicted octanol–water partition coefficient (Wildman–Crippen LogP) is 5.24. The van der Waals surface area contributed by atoms with Crippen molar-refractivity contribution in [3.8, 4) is 5.75 Å². The van der Waals surface area contributed by atoms with Gasteiger partial charge in [-0.25, -0.2) is 0 Å². The molecule has 0 fully saturated rings. The molecule has 3 aromatic rings. The van der Waals surface area contributed by atoms with Gasteiger partial charge in [0.15, 0.2) is 0 Å². The molecular formula is C22H15BrClNO4. The van der Waals surface area contributed by atoms with Crippen LogP contribution in [0.2, 0.25) is 5.02 Å². The normalized spacial score (nSPS) is 13.1. The van der Waals surface area contributed by atoms with E-state index in [2.05, 4.69) is 15.9 Å². The van der Waals surface area contributed by atoms with Gasteiger partial charge in [-0.2, -0.15) is 0 Å². The quantitative estimate of drug-likeness (QED) is 0.289. The molecule has 0 bridgehead atoms. The Hall–Kier alpha value is -2.70. The number of benzene rings is 3. The molecule has 0 unspecified atom stereocenters. The standard InChI is InChI=1S/C22H15BrClNO4/c23-14-9-10-18(17(24)12-14)29-19(26)8-3-11-25-21(27)15-6-1-4-13-5-2-7-16(20(13)15)22(25)28/h1-2,4-7,9-10,12H,3,8,11H2. The van der Waals surface area contributed by atoms with Crippen LogP contribution in [-0.4, -0.2) is 29.2 Å². The second kappa shape index (κ2) is 7.97. The van der Waals surface area contributed by atoms with E-state index in [-0.39, 0.29) is 30.5 Å². The van der Waals surface area contributed by atoms with Crippen LogP contribution in [0.25, 0.3) is 10.8 Å². The molecule has 0 radical (unpaired) electrons. The molecule has 29 heavy (non-hydrogen) atoms. The minimum absolute atomic E-state index is 0.0509. The minimum Gasteiger partial charge on any atom is -0.425 e. The van der Waals surface area contributed by atoms with Gasteiger partial charge in [-0.15, -0.1) is 0 Å². The van der Waals surface area contributed by atoms with Gasteiger partial charge in [0.25, 0.3) is 11.8 Å². The molecule has 0 atom stereocenters. The molecule has 0 spiro atoms. The summed E-state index contributed by atoms with van der Waals surface area (Å²) in [5, 5.41) is 1.86. The molecule has 5 nitrogen and oxygen atoms in total. The number of rotatable bonds is 5. The maximum Gasteiger partial charge on any atom is 0.311 e. The first-order valence-electron chi connectivity index (χ1n) is 8.99. The highest BCUT2D eigenvalue weighted by Gasteiger charge is 2.32. The number of halogens is 2. The number of imide groups is 1. The molecular weight excluding hydrogens is 458 g/mol. The van der Waals surface area contributed by atoms with Crippen molar-refractivity contribution in [1.29, 1.82) is 0 Å². The second-order valence-corrected chi connectivity index (χ2v) is 7.95. The number of esters is 1. The van der Waals surface area contributed by atoms with Gasteiger partial charge in [-0.1, -0.05) is 51.8 Å². The fraction of sp³-hybridized carbons (Fsp3) is 0.136. The summed E-state index contributed by atoms with van der Waals surface area (Å²) in [6.07, 6.45) is 0.345. The van der Waals surface area contributed by atoms with Crippen LogP contribution in [0.1, 0.15) is 33.6 Å². The van der Waals surface area contributed by atoms with E-state index < -0.39 is 5.97 Å². The predicted molar refractivity (Wildman–Crippen MR) is 113 cm³/mol. The van der Waals surface area contributed by atoms with Crippen molar-refractivity contribution in [1.82, 2.24) is 4.90 Å². The first kappa shape index (κ1) is 19.6. The molecule has 1 aliphatic heterocycles. The summed E-state index contributed by atoms with van der Waals surface area (Å²) in [4.78, 5) is 39.0. The first-order valence-corrected chi connectivity index (χ1v) is 10.2. The van der Waals surface area contributed by atoms with Gasteiger partial charge in [0.1, 0.15) is 5.75 Å². The number of hydrogen-bond acceptors (Lipinski definition) is 4. The van der Waals surface area contributed by atoms with E-state index in [4.69, 9.17) is 16.3 Å². The van der Waals surface area contributed by atoms with Crippen LogP contribution in [0.4, 0.5) is 0 Å². The van der Waals surface area contributed by atoms with Crippen molar-refractivity contribution in [3.05, 3.63) is 75.2 Å². The summed E-state index contributed by atoms with van der Waals surface area (Å²) in [7, 11) is 0. The Balaban J connectivity index is 1.43. The largest absolute Gasteiger partial charge is 0.425 e. The molecule has 0 aliphatic carbocycles. The summed E-state index contributed by atoms with van der Waals surface area (Å²) in [5.41, 5.74) is 1.00. The lowest BCUT2D eigenvalue weighted by atomic mass is 9.94. The smallest absolute Gasteiger partial charge is 0.311 e. The van der Waals surface area contributed by atoms with E-state index in [0.717, 1.165) is 9.86 Å². The summed E-state index contributed by atoms with van der Waals surface area (Å²) >= 11 is 9.34. The Morgan fingerprint density at radius 1 is 1.00 bits per heavy atom. The van der Waals surface area contributed by atoms with Gasteiger partial charge < -0.3 is 4.74 Å². The summed E-state index contributed by atoms with van der Waals surface area (Å²) in [6, 6.07) is 15.7. The number of carbonyl (C=O) groups excluding carboxylic acids is 3. The fourth-order valence-electron chi connectivity index (χ4n) is 3.40. The van der Waals surface area contributed by atoms with Crippen molar-refractivity contribution >= 4 is 56.1 Å². The molecule has 0 N–H and O–H groups in total. The number of amides is 2. The lowest BCUT2D eigenvalue weighted by Gasteiger charge is -2.27. The molecule has 2 amide bonds. The van der Waals surface area contributed by atoms with Gasteiger partial charge in [0.2, 0.25) is 0 Å². The fourth-order valence-corrected chi connectivity index (χ4v) is 4.11. The Bertz CT molecular complexity index is 1110. The van der Waals surface area contributed by atoms with Crippen molar-refractivity contribution < 1.29 is 19.1 Å². The molecule has 0 aromatic heterocycles. The number of hydrogen-bond donors (Lipinski definition) is 0. The average molecular weight is 473 g/mol. The highest BCUT2D eigenvalue weighted by atomic mass is 79.9. The van der Waals surface area contributed by atoms with Crippen molar-refractivity contribution in [2.75, 3.05) is 6.54 Å². The third-order valence-corrected chi connectivity index (χ3v) is 5.52. The number of carbonyl (C=O) groups is 3. The molecule has 3 aromatic carbocycles. The van der Waals surface area contributed by atoms with E-state index in [1.54, 1.807) is 42.5 Å². The molecule has 4 rings (SSSR count). The van der Waals surface area contributed by atoms with E-state index in [0.29, 0.717) is 28.0 Å². The van der Waals surface area contributed by atoms with Crippen molar-refractivity contribution in [3.63, 3.8) is 0 Å². The Morgan fingerprint density at radius 3 is 2.28 bits per heavy atom. The van der Waals surface area contributed by atoms with E-state index in [1.165, 1.54) is 4.90 Å². The Morgan fingerprint density at radius 2 is 1.66 bits per heavy atom. The zero-order valence-electron chi connectivity index (χ0n) is 15.2.